The van der Waals surface area contributed by atoms with Gasteiger partial charge < -0.3 is 5.73 Å². The number of aromatic nitrogens is 1. The van der Waals surface area contributed by atoms with Gasteiger partial charge in [-0.1, -0.05) is 19.1 Å². The highest BCUT2D eigenvalue weighted by molar-refractivity contribution is 7.89. The van der Waals surface area contributed by atoms with Crippen LogP contribution >= 0.6 is 12.4 Å². The lowest BCUT2D eigenvalue weighted by molar-refractivity contribution is 0.465. The van der Waals surface area contributed by atoms with Crippen LogP contribution in [0.2, 0.25) is 0 Å². The average molecular weight is 342 g/mol. The molecule has 0 aliphatic carbocycles. The number of hydrogen-bond acceptors (Lipinski definition) is 4. The number of benzene rings is 1. The van der Waals surface area contributed by atoms with Crippen molar-refractivity contribution in [2.75, 3.05) is 13.1 Å². The van der Waals surface area contributed by atoms with Gasteiger partial charge in [-0.05, 0) is 30.5 Å². The number of fused-ring (bicyclic) bond motifs is 1. The Morgan fingerprint density at radius 2 is 2.05 bits per heavy atom. The maximum atomic E-state index is 12.9. The first kappa shape index (κ1) is 17.1. The zero-order chi connectivity index (χ0) is 15.2. The fourth-order valence-corrected chi connectivity index (χ4v) is 4.48. The smallest absolute Gasteiger partial charge is 0.245 e. The van der Waals surface area contributed by atoms with Gasteiger partial charge in [0, 0.05) is 30.7 Å². The minimum atomic E-state index is -3.55. The van der Waals surface area contributed by atoms with E-state index < -0.39 is 10.0 Å². The van der Waals surface area contributed by atoms with Gasteiger partial charge >= 0.3 is 0 Å². The Labute approximate surface area is 137 Å². The second-order valence-corrected chi connectivity index (χ2v) is 7.71. The molecule has 0 spiro atoms. The van der Waals surface area contributed by atoms with Crippen LogP contribution in [0.5, 0.6) is 0 Å². The fraction of sp³-hybridized carbons (Fsp3) is 0.400. The summed E-state index contributed by atoms with van der Waals surface area (Å²) < 4.78 is 27.2. The molecule has 1 aromatic carbocycles. The standard InChI is InChI=1S/C15H19N3O2S.ClH/c1-10-6-12-4-3-5-14(15(12)17-7-10)21(19,20)18-8-11(2)13(16)9-18;/h3-7,11,13H,8-9,16H2,1-2H3;1H. The Balaban J connectivity index is 0.00000176. The van der Waals surface area contributed by atoms with Crippen LogP contribution in [0.15, 0.2) is 35.4 Å². The van der Waals surface area contributed by atoms with Gasteiger partial charge in [0.15, 0.2) is 0 Å². The molecule has 2 heterocycles. The van der Waals surface area contributed by atoms with Crippen LogP contribution in [0, 0.1) is 12.8 Å². The summed E-state index contributed by atoms with van der Waals surface area (Å²) in [5.41, 5.74) is 7.49. The molecule has 0 radical (unpaired) electrons. The third-order valence-corrected chi connectivity index (χ3v) is 5.93. The number of pyridine rings is 1. The number of halogens is 1. The topological polar surface area (TPSA) is 76.3 Å². The molecule has 2 aromatic rings. The highest BCUT2D eigenvalue weighted by Crippen LogP contribution is 2.28. The molecule has 2 N–H and O–H groups in total. The van der Waals surface area contributed by atoms with Gasteiger partial charge in [-0.3, -0.25) is 4.98 Å². The van der Waals surface area contributed by atoms with Crippen LogP contribution in [-0.4, -0.2) is 36.8 Å². The van der Waals surface area contributed by atoms with Gasteiger partial charge in [-0.15, -0.1) is 12.4 Å². The Kier molecular flexibility index (Phi) is 4.77. The molecule has 0 bridgehead atoms. The molecule has 22 heavy (non-hydrogen) atoms. The van der Waals surface area contributed by atoms with Gasteiger partial charge in [-0.2, -0.15) is 4.31 Å². The van der Waals surface area contributed by atoms with Crippen molar-refractivity contribution >= 4 is 33.3 Å². The van der Waals surface area contributed by atoms with Gasteiger partial charge in [-0.25, -0.2) is 8.42 Å². The van der Waals surface area contributed by atoms with Crippen molar-refractivity contribution < 1.29 is 8.42 Å². The van der Waals surface area contributed by atoms with Crippen molar-refractivity contribution in [1.82, 2.24) is 9.29 Å². The van der Waals surface area contributed by atoms with Gasteiger partial charge in [0.25, 0.3) is 0 Å². The normalized spacial score (nSPS) is 22.7. The van der Waals surface area contributed by atoms with E-state index in [1.807, 2.05) is 26.0 Å². The molecule has 1 aliphatic rings. The molecule has 2 atom stereocenters. The van der Waals surface area contributed by atoms with Crippen LogP contribution in [0.4, 0.5) is 0 Å². The summed E-state index contributed by atoms with van der Waals surface area (Å²) in [6, 6.07) is 7.10. The number of sulfonamides is 1. The van der Waals surface area contributed by atoms with E-state index in [-0.39, 0.29) is 29.3 Å². The lowest BCUT2D eigenvalue weighted by atomic mass is 10.1. The van der Waals surface area contributed by atoms with Crippen molar-refractivity contribution in [1.29, 1.82) is 0 Å². The second-order valence-electron chi connectivity index (χ2n) is 5.80. The lowest BCUT2D eigenvalue weighted by Crippen LogP contribution is -2.32. The Hall–Kier alpha value is -1.21. The molecule has 1 fully saturated rings. The van der Waals surface area contributed by atoms with E-state index >= 15 is 0 Å². The SMILES string of the molecule is Cc1cnc2c(S(=O)(=O)N3CC(C)C(N)C3)cccc2c1.Cl. The van der Waals surface area contributed by atoms with Crippen molar-refractivity contribution in [3.05, 3.63) is 36.0 Å². The van der Waals surface area contributed by atoms with Crippen molar-refractivity contribution in [2.24, 2.45) is 11.7 Å². The van der Waals surface area contributed by atoms with Crippen molar-refractivity contribution in [3.8, 4) is 0 Å². The van der Waals surface area contributed by atoms with Crippen molar-refractivity contribution in [3.63, 3.8) is 0 Å². The van der Waals surface area contributed by atoms with Crippen molar-refractivity contribution in [2.45, 2.75) is 24.8 Å². The first-order chi connectivity index (χ1) is 9.89. The molecule has 1 aliphatic heterocycles. The minimum Gasteiger partial charge on any atom is -0.326 e. The summed E-state index contributed by atoms with van der Waals surface area (Å²) in [6.45, 7) is 4.75. The summed E-state index contributed by atoms with van der Waals surface area (Å²) in [6.07, 6.45) is 1.69. The summed E-state index contributed by atoms with van der Waals surface area (Å²) in [5.74, 6) is 0.171. The predicted octanol–water partition coefficient (Wildman–Crippen LogP) is 1.93. The molecule has 3 rings (SSSR count). The summed E-state index contributed by atoms with van der Waals surface area (Å²) in [5, 5.41) is 0.840. The third kappa shape index (κ3) is 2.84. The van der Waals surface area contributed by atoms with Crippen LogP contribution in [0.1, 0.15) is 12.5 Å². The van der Waals surface area contributed by atoms with E-state index in [1.54, 1.807) is 18.3 Å². The summed E-state index contributed by atoms with van der Waals surface area (Å²) in [4.78, 5) is 4.58. The largest absolute Gasteiger partial charge is 0.326 e. The minimum absolute atomic E-state index is 0. The molecule has 7 heteroatoms. The molecule has 2 unspecified atom stereocenters. The first-order valence-electron chi connectivity index (χ1n) is 7.00. The molecule has 0 saturated carbocycles. The third-order valence-electron chi connectivity index (χ3n) is 4.07. The number of hydrogen-bond donors (Lipinski definition) is 1. The molecule has 1 saturated heterocycles. The van der Waals surface area contributed by atoms with Gasteiger partial charge in [0.05, 0.1) is 5.52 Å². The lowest BCUT2D eigenvalue weighted by Gasteiger charge is -2.17. The molecule has 5 nitrogen and oxygen atoms in total. The van der Waals surface area contributed by atoms with E-state index in [9.17, 15) is 8.42 Å². The molecular weight excluding hydrogens is 322 g/mol. The maximum Gasteiger partial charge on any atom is 0.245 e. The van der Waals surface area contributed by atoms with E-state index in [0.717, 1.165) is 10.9 Å². The summed E-state index contributed by atoms with van der Waals surface area (Å²) in [7, 11) is -3.55. The monoisotopic (exact) mass is 341 g/mol. The number of nitrogens with two attached hydrogens (primary N) is 1. The van der Waals surface area contributed by atoms with Crippen LogP contribution in [0.25, 0.3) is 10.9 Å². The van der Waals surface area contributed by atoms with E-state index in [1.165, 1.54) is 4.31 Å². The van der Waals surface area contributed by atoms with Crippen LogP contribution in [-0.2, 0) is 10.0 Å². The van der Waals surface area contributed by atoms with E-state index in [0.29, 0.717) is 18.6 Å². The Morgan fingerprint density at radius 1 is 1.32 bits per heavy atom. The first-order valence-corrected chi connectivity index (χ1v) is 8.44. The highest BCUT2D eigenvalue weighted by atomic mass is 35.5. The Bertz CT molecular complexity index is 784. The highest BCUT2D eigenvalue weighted by Gasteiger charge is 2.36. The molecule has 1 aromatic heterocycles. The zero-order valence-corrected chi connectivity index (χ0v) is 14.2. The van der Waals surface area contributed by atoms with E-state index in [4.69, 9.17) is 5.73 Å². The number of rotatable bonds is 2. The van der Waals surface area contributed by atoms with Gasteiger partial charge in [0.1, 0.15) is 4.90 Å². The molecular formula is C15H20ClN3O2S. The van der Waals surface area contributed by atoms with E-state index in [2.05, 4.69) is 4.98 Å². The second kappa shape index (κ2) is 6.12. The Morgan fingerprint density at radius 3 is 2.68 bits per heavy atom. The number of para-hydroxylation sites is 1. The van der Waals surface area contributed by atoms with Crippen LogP contribution in [0.3, 0.4) is 0 Å². The number of nitrogens with zero attached hydrogens (tertiary/aromatic N) is 2. The fourth-order valence-electron chi connectivity index (χ4n) is 2.73. The average Bonchev–Trinajstić information content (AvgIpc) is 2.78. The molecule has 120 valence electrons. The zero-order valence-electron chi connectivity index (χ0n) is 12.6. The quantitative estimate of drug-likeness (QED) is 0.905. The predicted molar refractivity (Wildman–Crippen MR) is 89.6 cm³/mol. The molecule has 0 amide bonds. The van der Waals surface area contributed by atoms with Crippen LogP contribution < -0.4 is 5.73 Å². The summed E-state index contributed by atoms with van der Waals surface area (Å²) >= 11 is 0. The van der Waals surface area contributed by atoms with Gasteiger partial charge in [0.2, 0.25) is 10.0 Å². The maximum absolute atomic E-state index is 12.9. The number of aryl methyl sites for hydroxylation is 1.